The van der Waals surface area contributed by atoms with Gasteiger partial charge in [-0.3, -0.25) is 9.69 Å². The molecule has 1 aliphatic rings. The van der Waals surface area contributed by atoms with Crippen LogP contribution in [0.15, 0.2) is 30.3 Å². The van der Waals surface area contributed by atoms with E-state index < -0.39 is 12.1 Å². The van der Waals surface area contributed by atoms with Gasteiger partial charge in [0.1, 0.15) is 6.61 Å². The Morgan fingerprint density at radius 3 is 2.71 bits per heavy atom. The van der Waals surface area contributed by atoms with Crippen molar-refractivity contribution < 1.29 is 14.3 Å². The first kappa shape index (κ1) is 11.6. The van der Waals surface area contributed by atoms with Gasteiger partial charge < -0.3 is 10.5 Å². The molecule has 0 bridgehead atoms. The van der Waals surface area contributed by atoms with Crippen LogP contribution in [-0.4, -0.2) is 35.9 Å². The van der Waals surface area contributed by atoms with Crippen LogP contribution in [0.2, 0.25) is 0 Å². The third-order valence-electron chi connectivity index (χ3n) is 2.64. The monoisotopic (exact) mass is 234 g/mol. The van der Waals surface area contributed by atoms with Gasteiger partial charge >= 0.3 is 6.09 Å². The van der Waals surface area contributed by atoms with E-state index in [2.05, 4.69) is 0 Å². The van der Waals surface area contributed by atoms with Crippen molar-refractivity contribution in [1.82, 2.24) is 4.90 Å². The van der Waals surface area contributed by atoms with Crippen LogP contribution in [-0.2, 0) is 16.1 Å². The van der Waals surface area contributed by atoms with Gasteiger partial charge in [-0.15, -0.1) is 0 Å². The van der Waals surface area contributed by atoms with Crippen LogP contribution in [0.4, 0.5) is 4.79 Å². The number of carbonyl (C=O) groups is 2. The predicted octanol–water partition coefficient (Wildman–Crippen LogP) is 0.535. The Morgan fingerprint density at radius 2 is 2.12 bits per heavy atom. The summed E-state index contributed by atoms with van der Waals surface area (Å²) in [5.74, 6) is -0.123. The summed E-state index contributed by atoms with van der Waals surface area (Å²) in [6.45, 7) is 0.501. The maximum atomic E-state index is 11.6. The van der Waals surface area contributed by atoms with Gasteiger partial charge in [0.15, 0.2) is 5.78 Å². The average molecular weight is 234 g/mol. The number of benzene rings is 1. The molecule has 2 rings (SSSR count). The summed E-state index contributed by atoms with van der Waals surface area (Å²) in [5, 5.41) is 0. The molecule has 1 fully saturated rings. The van der Waals surface area contributed by atoms with Crippen LogP contribution in [0.25, 0.3) is 0 Å². The average Bonchev–Trinajstić information content (AvgIpc) is 2.68. The maximum Gasteiger partial charge on any atom is 0.410 e. The van der Waals surface area contributed by atoms with Gasteiger partial charge in [0.2, 0.25) is 0 Å². The van der Waals surface area contributed by atoms with E-state index in [1.54, 1.807) is 0 Å². The van der Waals surface area contributed by atoms with Crippen LogP contribution in [0.3, 0.4) is 0 Å². The summed E-state index contributed by atoms with van der Waals surface area (Å²) in [7, 11) is 0. The standard InChI is InChI=1S/C12H14N2O3/c13-10-6-14(7-11(10)15)12(16)17-8-9-4-2-1-3-5-9/h1-5,10H,6-8,13H2. The lowest BCUT2D eigenvalue weighted by Crippen LogP contribution is -2.32. The highest BCUT2D eigenvalue weighted by Gasteiger charge is 2.31. The van der Waals surface area contributed by atoms with Crippen molar-refractivity contribution in [1.29, 1.82) is 0 Å². The van der Waals surface area contributed by atoms with Crippen molar-refractivity contribution in [2.75, 3.05) is 13.1 Å². The number of rotatable bonds is 2. The first-order chi connectivity index (χ1) is 8.16. The summed E-state index contributed by atoms with van der Waals surface area (Å²) in [6, 6.07) is 8.81. The summed E-state index contributed by atoms with van der Waals surface area (Å²) in [6.07, 6.45) is -0.491. The second-order valence-corrected chi connectivity index (χ2v) is 3.99. The van der Waals surface area contributed by atoms with Gasteiger partial charge in [-0.1, -0.05) is 30.3 Å². The first-order valence-electron chi connectivity index (χ1n) is 5.41. The molecular weight excluding hydrogens is 220 g/mol. The van der Waals surface area contributed by atoms with Crippen molar-refractivity contribution in [3.8, 4) is 0 Å². The summed E-state index contributed by atoms with van der Waals surface area (Å²) in [5.41, 5.74) is 6.43. The molecule has 0 aliphatic carbocycles. The normalized spacial score (nSPS) is 19.5. The molecule has 17 heavy (non-hydrogen) atoms. The molecule has 0 aromatic heterocycles. The van der Waals surface area contributed by atoms with Crippen LogP contribution in [0.5, 0.6) is 0 Å². The number of ether oxygens (including phenoxy) is 1. The third kappa shape index (κ3) is 2.82. The highest BCUT2D eigenvalue weighted by molar-refractivity contribution is 5.91. The largest absolute Gasteiger partial charge is 0.445 e. The minimum atomic E-state index is -0.570. The van der Waals surface area contributed by atoms with E-state index in [4.69, 9.17) is 10.5 Å². The molecule has 5 heteroatoms. The molecule has 5 nitrogen and oxygen atoms in total. The highest BCUT2D eigenvalue weighted by atomic mass is 16.6. The smallest absolute Gasteiger partial charge is 0.410 e. The lowest BCUT2D eigenvalue weighted by Gasteiger charge is -2.14. The Kier molecular flexibility index (Phi) is 3.39. The number of hydrogen-bond acceptors (Lipinski definition) is 4. The SMILES string of the molecule is NC1CN(C(=O)OCc2ccccc2)CC1=O. The van der Waals surface area contributed by atoms with Crippen LogP contribution in [0.1, 0.15) is 5.56 Å². The van der Waals surface area contributed by atoms with Crippen molar-refractivity contribution >= 4 is 11.9 Å². The molecule has 1 aromatic carbocycles. The zero-order valence-corrected chi connectivity index (χ0v) is 9.33. The molecule has 0 radical (unpaired) electrons. The summed E-state index contributed by atoms with van der Waals surface area (Å²) >= 11 is 0. The van der Waals surface area contributed by atoms with Crippen molar-refractivity contribution in [3.63, 3.8) is 0 Å². The fourth-order valence-corrected chi connectivity index (χ4v) is 1.66. The van der Waals surface area contributed by atoms with Gasteiger partial charge in [-0.2, -0.15) is 0 Å². The number of nitrogens with zero attached hydrogens (tertiary/aromatic N) is 1. The van der Waals surface area contributed by atoms with Crippen LogP contribution in [0, 0.1) is 0 Å². The van der Waals surface area contributed by atoms with E-state index in [9.17, 15) is 9.59 Å². The summed E-state index contributed by atoms with van der Waals surface area (Å²) < 4.78 is 5.09. The fraction of sp³-hybridized carbons (Fsp3) is 0.333. The molecule has 0 saturated carbocycles. The van der Waals surface area contributed by atoms with Crippen molar-refractivity contribution in [2.24, 2.45) is 5.73 Å². The van der Waals surface area contributed by atoms with E-state index in [-0.39, 0.29) is 25.5 Å². The Bertz CT molecular complexity index is 419. The van der Waals surface area contributed by atoms with Crippen molar-refractivity contribution in [2.45, 2.75) is 12.6 Å². The molecule has 1 heterocycles. The third-order valence-corrected chi connectivity index (χ3v) is 2.64. The van der Waals surface area contributed by atoms with Crippen LogP contribution < -0.4 is 5.73 Å². The second kappa shape index (κ2) is 4.97. The molecule has 1 saturated heterocycles. The number of likely N-dealkylation sites (tertiary alicyclic amines) is 1. The minimum Gasteiger partial charge on any atom is -0.445 e. The topological polar surface area (TPSA) is 72.6 Å². The lowest BCUT2D eigenvalue weighted by molar-refractivity contribution is -0.117. The van der Waals surface area contributed by atoms with Gasteiger partial charge in [0, 0.05) is 6.54 Å². The van der Waals surface area contributed by atoms with Crippen molar-refractivity contribution in [3.05, 3.63) is 35.9 Å². The van der Waals surface area contributed by atoms with Gasteiger partial charge in [-0.05, 0) is 5.56 Å². The molecule has 1 aromatic rings. The minimum absolute atomic E-state index is 0.0504. The molecule has 2 N–H and O–H groups in total. The van der Waals surface area contributed by atoms with Gasteiger partial charge in [0.05, 0.1) is 12.6 Å². The molecule has 0 spiro atoms. The number of ketones is 1. The molecule has 90 valence electrons. The van der Waals surface area contributed by atoms with Crippen LogP contribution >= 0.6 is 0 Å². The predicted molar refractivity (Wildman–Crippen MR) is 61.2 cm³/mol. The van der Waals surface area contributed by atoms with Gasteiger partial charge in [-0.25, -0.2) is 4.79 Å². The van der Waals surface area contributed by atoms with E-state index >= 15 is 0 Å². The zero-order chi connectivity index (χ0) is 12.3. The molecule has 1 aliphatic heterocycles. The maximum absolute atomic E-state index is 11.6. The summed E-state index contributed by atoms with van der Waals surface area (Å²) in [4.78, 5) is 24.1. The highest BCUT2D eigenvalue weighted by Crippen LogP contribution is 2.08. The number of nitrogens with two attached hydrogens (primary N) is 1. The Labute approximate surface area is 99.2 Å². The quantitative estimate of drug-likeness (QED) is 0.810. The first-order valence-corrected chi connectivity index (χ1v) is 5.41. The fourth-order valence-electron chi connectivity index (χ4n) is 1.66. The second-order valence-electron chi connectivity index (χ2n) is 3.99. The van der Waals surface area contributed by atoms with E-state index in [0.29, 0.717) is 0 Å². The number of carbonyl (C=O) groups excluding carboxylic acids is 2. The van der Waals surface area contributed by atoms with E-state index in [1.165, 1.54) is 4.90 Å². The van der Waals surface area contributed by atoms with E-state index in [0.717, 1.165) is 5.56 Å². The Morgan fingerprint density at radius 1 is 1.41 bits per heavy atom. The van der Waals surface area contributed by atoms with Gasteiger partial charge in [0.25, 0.3) is 0 Å². The molecule has 1 unspecified atom stereocenters. The number of Topliss-reactive ketones (excluding diaryl/α,β-unsaturated/α-hetero) is 1. The molecule has 1 atom stereocenters. The Balaban J connectivity index is 1.84. The van der Waals surface area contributed by atoms with E-state index in [1.807, 2.05) is 30.3 Å². The molecular formula is C12H14N2O3. The number of amides is 1. The Hall–Kier alpha value is -1.88. The number of hydrogen-bond donors (Lipinski definition) is 1. The zero-order valence-electron chi connectivity index (χ0n) is 9.33. The lowest BCUT2D eigenvalue weighted by atomic mass is 10.2. The molecule has 1 amide bonds.